The molecule has 2 atom stereocenters. The summed E-state index contributed by atoms with van der Waals surface area (Å²) in [5.74, 6) is 2.67. The van der Waals surface area contributed by atoms with E-state index < -0.39 is 0 Å². The van der Waals surface area contributed by atoms with Crippen molar-refractivity contribution < 1.29 is 19.0 Å². The molecule has 4 rings (SSSR count). The summed E-state index contributed by atoms with van der Waals surface area (Å²) in [6.07, 6.45) is 2.91. The van der Waals surface area contributed by atoms with E-state index in [1.165, 1.54) is 16.7 Å². The van der Waals surface area contributed by atoms with Gasteiger partial charge >= 0.3 is 0 Å². The van der Waals surface area contributed by atoms with Crippen LogP contribution in [0.2, 0.25) is 0 Å². The fourth-order valence-electron chi connectivity index (χ4n) is 4.56. The van der Waals surface area contributed by atoms with Crippen LogP contribution >= 0.6 is 0 Å². The van der Waals surface area contributed by atoms with E-state index in [4.69, 9.17) is 14.2 Å². The van der Waals surface area contributed by atoms with Crippen LogP contribution in [-0.4, -0.2) is 44.7 Å². The molecule has 0 bridgehead atoms. The number of benzene rings is 2. The molecule has 1 saturated carbocycles. The predicted molar refractivity (Wildman–Crippen MR) is 120 cm³/mol. The van der Waals surface area contributed by atoms with Crippen molar-refractivity contribution in [1.29, 1.82) is 0 Å². The van der Waals surface area contributed by atoms with Gasteiger partial charge in [-0.2, -0.15) is 0 Å². The first-order valence-corrected chi connectivity index (χ1v) is 11.0. The van der Waals surface area contributed by atoms with Crippen molar-refractivity contribution in [3.8, 4) is 17.2 Å². The Hall–Kier alpha value is -2.73. The maximum atomic E-state index is 12.6. The lowest BCUT2D eigenvalue weighted by atomic mass is 9.87. The highest BCUT2D eigenvalue weighted by Gasteiger charge is 2.36. The molecule has 2 unspecified atom stereocenters. The van der Waals surface area contributed by atoms with Crippen molar-refractivity contribution in [2.75, 3.05) is 27.9 Å². The lowest BCUT2D eigenvalue weighted by molar-refractivity contribution is -0.123. The summed E-state index contributed by atoms with van der Waals surface area (Å²) in [4.78, 5) is 15.0. The Morgan fingerprint density at radius 3 is 2.52 bits per heavy atom. The third kappa shape index (κ3) is 4.64. The van der Waals surface area contributed by atoms with E-state index in [2.05, 4.69) is 41.4 Å². The number of rotatable bonds is 8. The van der Waals surface area contributed by atoms with Gasteiger partial charge in [0, 0.05) is 25.0 Å². The van der Waals surface area contributed by atoms with E-state index in [1.807, 2.05) is 12.1 Å². The predicted octanol–water partition coefficient (Wildman–Crippen LogP) is 3.73. The van der Waals surface area contributed by atoms with Crippen LogP contribution < -0.4 is 19.5 Å². The van der Waals surface area contributed by atoms with E-state index in [0.29, 0.717) is 0 Å². The molecule has 1 N–H and O–H groups in total. The normalized spacial score (nSPS) is 19.3. The second-order valence-electron chi connectivity index (χ2n) is 8.49. The number of nitrogens with zero attached hydrogens (tertiary/aromatic N) is 1. The zero-order valence-electron chi connectivity index (χ0n) is 18.8. The molecule has 0 spiro atoms. The largest absolute Gasteiger partial charge is 0.497 e. The zero-order valence-corrected chi connectivity index (χ0v) is 18.8. The fraction of sp³-hybridized carbons (Fsp3) is 0.480. The first-order valence-electron chi connectivity index (χ1n) is 11.0. The van der Waals surface area contributed by atoms with Crippen molar-refractivity contribution in [1.82, 2.24) is 10.2 Å². The second kappa shape index (κ2) is 9.18. The summed E-state index contributed by atoms with van der Waals surface area (Å²) in [6.45, 7) is 3.78. The standard InChI is InChI=1S/C25H32N2O4/c1-16(26-25(28)18-8-9-18)24-21-14-23(31-4)22(30-3)13-19(21)10-11-27(24)15-17-6-5-7-20(12-17)29-2/h5-7,12-14,16,18,24H,8-11,15H2,1-4H3,(H,26,28). The monoisotopic (exact) mass is 424 g/mol. The third-order valence-electron chi connectivity index (χ3n) is 6.34. The van der Waals surface area contributed by atoms with Crippen molar-refractivity contribution in [2.45, 2.75) is 44.8 Å². The molecular formula is C25H32N2O4. The Morgan fingerprint density at radius 1 is 1.10 bits per heavy atom. The van der Waals surface area contributed by atoms with Gasteiger partial charge in [0.1, 0.15) is 5.75 Å². The average Bonchev–Trinajstić information content (AvgIpc) is 3.63. The van der Waals surface area contributed by atoms with Crippen molar-refractivity contribution in [3.05, 3.63) is 53.1 Å². The molecule has 2 aliphatic rings. The molecule has 6 heteroatoms. The lowest BCUT2D eigenvalue weighted by Crippen LogP contribution is -2.47. The minimum atomic E-state index is -0.0316. The number of nitrogens with one attached hydrogen (secondary N) is 1. The summed E-state index contributed by atoms with van der Waals surface area (Å²) >= 11 is 0. The van der Waals surface area contributed by atoms with Crippen LogP contribution in [0.5, 0.6) is 17.2 Å². The third-order valence-corrected chi connectivity index (χ3v) is 6.34. The summed E-state index contributed by atoms with van der Waals surface area (Å²) in [5, 5.41) is 3.28. The topological polar surface area (TPSA) is 60.0 Å². The number of fused-ring (bicyclic) bond motifs is 1. The Labute approximate surface area is 184 Å². The first kappa shape index (κ1) is 21.5. The van der Waals surface area contributed by atoms with Gasteiger partial charge in [0.2, 0.25) is 5.91 Å². The highest BCUT2D eigenvalue weighted by Crippen LogP contribution is 2.40. The van der Waals surface area contributed by atoms with Crippen LogP contribution in [0, 0.1) is 5.92 Å². The maximum Gasteiger partial charge on any atom is 0.223 e. The highest BCUT2D eigenvalue weighted by atomic mass is 16.5. The van der Waals surface area contributed by atoms with Gasteiger partial charge < -0.3 is 19.5 Å². The van der Waals surface area contributed by atoms with Crippen molar-refractivity contribution >= 4 is 5.91 Å². The molecule has 0 radical (unpaired) electrons. The first-order chi connectivity index (χ1) is 15.0. The van der Waals surface area contributed by atoms with E-state index in [9.17, 15) is 4.79 Å². The molecule has 1 aliphatic carbocycles. The van der Waals surface area contributed by atoms with Gasteiger partial charge in [-0.15, -0.1) is 0 Å². The Bertz CT molecular complexity index is 941. The minimum Gasteiger partial charge on any atom is -0.497 e. The molecule has 31 heavy (non-hydrogen) atoms. The molecule has 2 aromatic rings. The lowest BCUT2D eigenvalue weighted by Gasteiger charge is -2.41. The van der Waals surface area contributed by atoms with Gasteiger partial charge in [0.05, 0.1) is 27.4 Å². The molecule has 6 nitrogen and oxygen atoms in total. The zero-order chi connectivity index (χ0) is 22.0. The van der Waals surface area contributed by atoms with Crippen LogP contribution in [0.25, 0.3) is 0 Å². The molecule has 166 valence electrons. The average molecular weight is 425 g/mol. The summed E-state index contributed by atoms with van der Waals surface area (Å²) in [5.41, 5.74) is 3.63. The highest BCUT2D eigenvalue weighted by molar-refractivity contribution is 5.81. The van der Waals surface area contributed by atoms with Gasteiger partial charge in [0.25, 0.3) is 0 Å². The molecule has 1 amide bonds. The maximum absolute atomic E-state index is 12.6. The van der Waals surface area contributed by atoms with Crippen LogP contribution in [-0.2, 0) is 17.8 Å². The SMILES string of the molecule is COc1cccc(CN2CCc3cc(OC)c(OC)cc3C2C(C)NC(=O)C2CC2)c1. The molecule has 2 aromatic carbocycles. The summed E-state index contributed by atoms with van der Waals surface area (Å²) in [6, 6.07) is 12.4. The van der Waals surface area contributed by atoms with E-state index in [1.54, 1.807) is 21.3 Å². The number of methoxy groups -OCH3 is 3. The van der Waals surface area contributed by atoms with Gasteiger partial charge in [-0.05, 0) is 67.1 Å². The number of ether oxygens (including phenoxy) is 3. The van der Waals surface area contributed by atoms with Crippen LogP contribution in [0.1, 0.15) is 42.5 Å². The smallest absolute Gasteiger partial charge is 0.223 e. The number of carbonyl (C=O) groups is 1. The second-order valence-corrected chi connectivity index (χ2v) is 8.49. The van der Waals surface area contributed by atoms with Crippen molar-refractivity contribution in [2.24, 2.45) is 5.92 Å². The molecule has 1 aliphatic heterocycles. The van der Waals surface area contributed by atoms with E-state index >= 15 is 0 Å². The Balaban J connectivity index is 1.67. The Kier molecular flexibility index (Phi) is 6.37. The molecule has 1 heterocycles. The van der Waals surface area contributed by atoms with Gasteiger partial charge in [-0.1, -0.05) is 12.1 Å². The molecule has 0 saturated heterocycles. The quantitative estimate of drug-likeness (QED) is 0.700. The molecule has 1 fully saturated rings. The fourth-order valence-corrected chi connectivity index (χ4v) is 4.56. The van der Waals surface area contributed by atoms with Crippen LogP contribution in [0.15, 0.2) is 36.4 Å². The van der Waals surface area contributed by atoms with Gasteiger partial charge in [-0.25, -0.2) is 0 Å². The molecular weight excluding hydrogens is 392 g/mol. The van der Waals surface area contributed by atoms with Crippen LogP contribution in [0.4, 0.5) is 0 Å². The van der Waals surface area contributed by atoms with E-state index in [0.717, 1.165) is 49.6 Å². The van der Waals surface area contributed by atoms with Gasteiger partial charge in [0.15, 0.2) is 11.5 Å². The van der Waals surface area contributed by atoms with Gasteiger partial charge in [-0.3, -0.25) is 9.69 Å². The van der Waals surface area contributed by atoms with Crippen molar-refractivity contribution in [3.63, 3.8) is 0 Å². The summed E-state index contributed by atoms with van der Waals surface area (Å²) < 4.78 is 16.5. The number of carbonyl (C=O) groups excluding carboxylic acids is 1. The number of hydrogen-bond donors (Lipinski definition) is 1. The summed E-state index contributed by atoms with van der Waals surface area (Å²) in [7, 11) is 5.01. The number of amides is 1. The Morgan fingerprint density at radius 2 is 1.84 bits per heavy atom. The van der Waals surface area contributed by atoms with E-state index in [-0.39, 0.29) is 23.9 Å². The van der Waals surface area contributed by atoms with Crippen LogP contribution in [0.3, 0.4) is 0 Å². The number of hydrogen-bond acceptors (Lipinski definition) is 5. The molecule has 0 aromatic heterocycles. The minimum absolute atomic E-state index is 0.0316.